The molecule has 2 aromatic rings. The summed E-state index contributed by atoms with van der Waals surface area (Å²) in [4.78, 5) is 0. The number of aromatic nitrogens is 1. The highest BCUT2D eigenvalue weighted by molar-refractivity contribution is 5.78. The maximum absolute atomic E-state index is 2.27. The summed E-state index contributed by atoms with van der Waals surface area (Å²) in [5, 5.41) is 1.35. The minimum absolute atomic E-state index is 1.03. The van der Waals surface area contributed by atoms with Gasteiger partial charge in [-0.2, -0.15) is 4.57 Å². The number of rotatable bonds is 1. The van der Waals surface area contributed by atoms with Gasteiger partial charge in [0.25, 0.3) is 0 Å². The lowest BCUT2D eigenvalue weighted by atomic mass is 10.1. The predicted octanol–water partition coefficient (Wildman–Crippen LogP) is 3.48. The number of aryl methyl sites for hydroxylation is 2. The van der Waals surface area contributed by atoms with Crippen molar-refractivity contribution in [3.63, 3.8) is 0 Å². The van der Waals surface area contributed by atoms with Crippen LogP contribution in [0.3, 0.4) is 0 Å². The maximum Gasteiger partial charge on any atom is 0.212 e. The van der Waals surface area contributed by atoms with Crippen molar-refractivity contribution in [3.8, 4) is 0 Å². The number of hydrogen-bond donors (Lipinski definition) is 0. The summed E-state index contributed by atoms with van der Waals surface area (Å²) < 4.78 is 2.27. The molecule has 0 spiro atoms. The first kappa shape index (κ1) is 11.7. The summed E-state index contributed by atoms with van der Waals surface area (Å²) >= 11 is 0. The molecule has 0 N–H and O–H groups in total. The molecule has 0 unspecified atom stereocenters. The van der Waals surface area contributed by atoms with Gasteiger partial charge in [-0.1, -0.05) is 26.0 Å². The number of hydrogen-bond acceptors (Lipinski definition) is 0. The highest BCUT2D eigenvalue weighted by atomic mass is 14.9. The van der Waals surface area contributed by atoms with Crippen LogP contribution < -0.4 is 4.57 Å². The van der Waals surface area contributed by atoms with E-state index in [0.717, 1.165) is 6.54 Å². The van der Waals surface area contributed by atoms with Gasteiger partial charge in [-0.15, -0.1) is 0 Å². The van der Waals surface area contributed by atoms with Crippen LogP contribution in [0.2, 0.25) is 0 Å². The molecule has 0 amide bonds. The van der Waals surface area contributed by atoms with Crippen LogP contribution in [0.25, 0.3) is 10.9 Å². The van der Waals surface area contributed by atoms with Crippen LogP contribution in [0.1, 0.15) is 26.3 Å². The molecule has 80 valence electrons. The summed E-state index contributed by atoms with van der Waals surface area (Å²) in [7, 11) is 0. The molecule has 1 aromatic heterocycles. The second kappa shape index (κ2) is 5.50. The normalized spacial score (nSPS) is 9.60. The van der Waals surface area contributed by atoms with Crippen LogP contribution in [0.4, 0.5) is 0 Å². The van der Waals surface area contributed by atoms with E-state index in [9.17, 15) is 0 Å². The Morgan fingerprint density at radius 2 is 1.73 bits per heavy atom. The molecule has 0 aliphatic rings. The van der Waals surface area contributed by atoms with Crippen molar-refractivity contribution in [2.24, 2.45) is 0 Å². The lowest BCUT2D eigenvalue weighted by Crippen LogP contribution is -2.32. The first-order valence-corrected chi connectivity index (χ1v) is 5.70. The Balaban J connectivity index is 0.000000531. The fraction of sp³-hybridized carbons (Fsp3) is 0.357. The number of nitrogens with zero attached hydrogens (tertiary/aromatic N) is 1. The molecule has 1 nitrogen and oxygen atoms in total. The first-order valence-electron chi connectivity index (χ1n) is 5.70. The number of fused-ring (bicyclic) bond motifs is 1. The average molecular weight is 202 g/mol. The molecule has 0 atom stereocenters. The van der Waals surface area contributed by atoms with E-state index in [2.05, 4.69) is 54.9 Å². The number of benzene rings is 1. The van der Waals surface area contributed by atoms with Gasteiger partial charge in [0.15, 0.2) is 6.20 Å². The van der Waals surface area contributed by atoms with Crippen LogP contribution in [-0.2, 0) is 6.54 Å². The molecule has 1 aromatic carbocycles. The Bertz CT molecular complexity index is 432. The third-order valence-corrected chi connectivity index (χ3v) is 2.48. The Kier molecular flexibility index (Phi) is 4.29. The first-order chi connectivity index (χ1) is 7.33. The van der Waals surface area contributed by atoms with Gasteiger partial charge >= 0.3 is 0 Å². The largest absolute Gasteiger partial charge is 0.212 e. The number of pyridine rings is 1. The molecule has 0 bridgehead atoms. The summed E-state index contributed by atoms with van der Waals surface area (Å²) in [5.41, 5.74) is 2.67. The summed E-state index contributed by atoms with van der Waals surface area (Å²) in [5.74, 6) is 0. The molecule has 0 radical (unpaired) electrons. The molecular formula is C14H20N+. The highest BCUT2D eigenvalue weighted by Crippen LogP contribution is 2.13. The standard InChI is InChI=1S/C12H14N.C2H6/c1-3-13-9-8-10(2)11-6-4-5-7-12(11)13;1-2/h4-9H,3H2,1-2H3;1-2H3/q+1;. The molecule has 0 saturated carbocycles. The fourth-order valence-electron chi connectivity index (χ4n) is 1.71. The molecule has 15 heavy (non-hydrogen) atoms. The molecule has 1 heteroatoms. The van der Waals surface area contributed by atoms with Crippen LogP contribution in [0.5, 0.6) is 0 Å². The van der Waals surface area contributed by atoms with Gasteiger partial charge < -0.3 is 0 Å². The molecule has 0 saturated heterocycles. The highest BCUT2D eigenvalue weighted by Gasteiger charge is 2.06. The van der Waals surface area contributed by atoms with E-state index in [-0.39, 0.29) is 0 Å². The fourth-order valence-corrected chi connectivity index (χ4v) is 1.71. The molecular weight excluding hydrogens is 182 g/mol. The topological polar surface area (TPSA) is 3.88 Å². The van der Waals surface area contributed by atoms with Crippen molar-refractivity contribution in [3.05, 3.63) is 42.1 Å². The third-order valence-electron chi connectivity index (χ3n) is 2.48. The SMILES string of the molecule is CC.CC[n+]1ccc(C)c2ccccc21. The van der Waals surface area contributed by atoms with Gasteiger partial charge in [-0.3, -0.25) is 0 Å². The quantitative estimate of drug-likeness (QED) is 0.623. The summed E-state index contributed by atoms with van der Waals surface area (Å²) in [6.45, 7) is 9.35. The van der Waals surface area contributed by atoms with Crippen LogP contribution in [0.15, 0.2) is 36.5 Å². The van der Waals surface area contributed by atoms with Gasteiger partial charge in [0, 0.05) is 17.5 Å². The monoisotopic (exact) mass is 202 g/mol. The van der Waals surface area contributed by atoms with E-state index in [1.807, 2.05) is 13.8 Å². The summed E-state index contributed by atoms with van der Waals surface area (Å²) in [6.07, 6.45) is 2.15. The zero-order valence-corrected chi connectivity index (χ0v) is 10.1. The van der Waals surface area contributed by atoms with Crippen LogP contribution in [0, 0.1) is 6.92 Å². The van der Waals surface area contributed by atoms with E-state index in [1.165, 1.54) is 16.5 Å². The van der Waals surface area contributed by atoms with E-state index in [0.29, 0.717) is 0 Å². The molecule has 1 heterocycles. The molecule has 0 aliphatic carbocycles. The Hall–Kier alpha value is -1.37. The van der Waals surface area contributed by atoms with E-state index < -0.39 is 0 Å². The second-order valence-electron chi connectivity index (χ2n) is 3.30. The third kappa shape index (κ3) is 2.35. The van der Waals surface area contributed by atoms with Gasteiger partial charge in [-0.05, 0) is 25.5 Å². The zero-order chi connectivity index (χ0) is 11.3. The summed E-state index contributed by atoms with van der Waals surface area (Å²) in [6, 6.07) is 10.7. The van der Waals surface area contributed by atoms with E-state index in [1.54, 1.807) is 0 Å². The molecule has 2 rings (SSSR count). The van der Waals surface area contributed by atoms with Crippen LogP contribution in [-0.4, -0.2) is 0 Å². The maximum atomic E-state index is 2.27. The lowest BCUT2D eigenvalue weighted by molar-refractivity contribution is -0.667. The predicted molar refractivity (Wildman–Crippen MR) is 65.9 cm³/mol. The van der Waals surface area contributed by atoms with Gasteiger partial charge in [0.1, 0.15) is 6.54 Å². The van der Waals surface area contributed by atoms with Gasteiger partial charge in [0.2, 0.25) is 5.52 Å². The molecule has 0 fully saturated rings. The number of para-hydroxylation sites is 1. The average Bonchev–Trinajstić information content (AvgIpc) is 2.33. The van der Waals surface area contributed by atoms with Gasteiger partial charge in [0.05, 0.1) is 0 Å². The molecule has 0 aliphatic heterocycles. The Morgan fingerprint density at radius 1 is 1.07 bits per heavy atom. The van der Waals surface area contributed by atoms with E-state index in [4.69, 9.17) is 0 Å². The lowest BCUT2D eigenvalue weighted by Gasteiger charge is -2.00. The Morgan fingerprint density at radius 3 is 2.40 bits per heavy atom. The van der Waals surface area contributed by atoms with Crippen molar-refractivity contribution in [2.75, 3.05) is 0 Å². The van der Waals surface area contributed by atoms with E-state index >= 15 is 0 Å². The van der Waals surface area contributed by atoms with Crippen molar-refractivity contribution in [1.29, 1.82) is 0 Å². The Labute approximate surface area is 92.4 Å². The van der Waals surface area contributed by atoms with Gasteiger partial charge in [-0.25, -0.2) is 0 Å². The van der Waals surface area contributed by atoms with Crippen molar-refractivity contribution in [1.82, 2.24) is 0 Å². The second-order valence-corrected chi connectivity index (χ2v) is 3.30. The zero-order valence-electron chi connectivity index (χ0n) is 10.1. The van der Waals surface area contributed by atoms with Crippen molar-refractivity contribution in [2.45, 2.75) is 34.2 Å². The van der Waals surface area contributed by atoms with Crippen molar-refractivity contribution < 1.29 is 4.57 Å². The van der Waals surface area contributed by atoms with Crippen LogP contribution >= 0.6 is 0 Å². The smallest absolute Gasteiger partial charge is 0.199 e. The van der Waals surface area contributed by atoms with Crippen molar-refractivity contribution >= 4 is 10.9 Å². The minimum atomic E-state index is 1.03. The minimum Gasteiger partial charge on any atom is -0.199 e.